The molecule has 0 amide bonds. The molecule has 0 atom stereocenters. The molecule has 0 saturated heterocycles. The number of methoxy groups -OCH3 is 1. The molecule has 6 nitrogen and oxygen atoms in total. The molecule has 1 aromatic carbocycles. The van der Waals surface area contributed by atoms with Gasteiger partial charge in [-0.15, -0.1) is 23.7 Å². The highest BCUT2D eigenvalue weighted by Gasteiger charge is 2.21. The van der Waals surface area contributed by atoms with E-state index in [2.05, 4.69) is 0 Å². The third-order valence-corrected chi connectivity index (χ3v) is 8.22. The van der Waals surface area contributed by atoms with Crippen molar-refractivity contribution >= 4 is 43.4 Å². The van der Waals surface area contributed by atoms with Crippen LogP contribution in [0.25, 0.3) is 0 Å². The summed E-state index contributed by atoms with van der Waals surface area (Å²) in [6.45, 7) is 0.357. The fourth-order valence-electron chi connectivity index (χ4n) is 1.87. The third kappa shape index (κ3) is 4.56. The van der Waals surface area contributed by atoms with Crippen molar-refractivity contribution in [2.75, 3.05) is 19.5 Å². The maximum atomic E-state index is 12.5. The van der Waals surface area contributed by atoms with E-state index >= 15 is 0 Å². The van der Waals surface area contributed by atoms with Gasteiger partial charge in [0.1, 0.15) is 4.21 Å². The van der Waals surface area contributed by atoms with Gasteiger partial charge in [0.05, 0.1) is 22.2 Å². The lowest BCUT2D eigenvalue weighted by atomic mass is 10.4. The van der Waals surface area contributed by atoms with Crippen molar-refractivity contribution in [3.05, 3.63) is 41.3 Å². The number of rotatable bonds is 7. The average molecular weight is 412 g/mol. The molecular formula is C14H18ClNO5S3. The van der Waals surface area contributed by atoms with Gasteiger partial charge in [-0.1, -0.05) is 0 Å². The van der Waals surface area contributed by atoms with Crippen molar-refractivity contribution < 1.29 is 21.6 Å². The van der Waals surface area contributed by atoms with E-state index in [9.17, 15) is 16.8 Å². The quantitative estimate of drug-likeness (QED) is 0.746. The number of thiophene rings is 1. The third-order valence-electron chi connectivity index (χ3n) is 3.15. The van der Waals surface area contributed by atoms with Crippen LogP contribution in [0.4, 0.5) is 0 Å². The van der Waals surface area contributed by atoms with Gasteiger partial charge in [0.25, 0.3) is 0 Å². The number of ether oxygens (including phenoxy) is 1. The number of sulfone groups is 2. The Balaban J connectivity index is 0.00000288. The molecule has 0 aliphatic heterocycles. The molecule has 0 saturated carbocycles. The summed E-state index contributed by atoms with van der Waals surface area (Å²) in [4.78, 5) is 0.887. The lowest BCUT2D eigenvalue weighted by molar-refractivity contribution is 0.217. The van der Waals surface area contributed by atoms with Crippen molar-refractivity contribution in [3.8, 4) is 0 Å². The second-order valence-electron chi connectivity index (χ2n) is 4.71. The Morgan fingerprint density at radius 1 is 1.00 bits per heavy atom. The van der Waals surface area contributed by atoms with Crippen molar-refractivity contribution in [1.29, 1.82) is 0 Å². The van der Waals surface area contributed by atoms with Crippen molar-refractivity contribution in [3.63, 3.8) is 0 Å². The van der Waals surface area contributed by atoms with Crippen LogP contribution < -0.4 is 5.73 Å². The van der Waals surface area contributed by atoms with Crippen LogP contribution in [0.3, 0.4) is 0 Å². The Morgan fingerprint density at radius 3 is 2.08 bits per heavy atom. The molecule has 0 fully saturated rings. The van der Waals surface area contributed by atoms with Crippen LogP contribution in [0.2, 0.25) is 0 Å². The van der Waals surface area contributed by atoms with Crippen LogP contribution in [0.15, 0.2) is 50.4 Å². The Bertz CT molecular complexity index is 873. The van der Waals surface area contributed by atoms with Gasteiger partial charge in [0.15, 0.2) is 9.84 Å². The molecular weight excluding hydrogens is 394 g/mol. The SMILES string of the molecule is COCCS(=O)(=O)c1ccc(S(=O)(=O)c2ccc(CN)s2)cc1.Cl. The van der Waals surface area contributed by atoms with E-state index in [0.29, 0.717) is 0 Å². The zero-order valence-corrected chi connectivity index (χ0v) is 16.1. The van der Waals surface area contributed by atoms with E-state index in [1.807, 2.05) is 0 Å². The normalized spacial score (nSPS) is 11.9. The summed E-state index contributed by atoms with van der Waals surface area (Å²) in [6.07, 6.45) is 0. The average Bonchev–Trinajstić information content (AvgIpc) is 3.03. The van der Waals surface area contributed by atoms with Gasteiger partial charge in [-0.25, -0.2) is 16.8 Å². The van der Waals surface area contributed by atoms with E-state index in [1.165, 1.54) is 37.4 Å². The van der Waals surface area contributed by atoms with Gasteiger partial charge in [0, 0.05) is 18.5 Å². The lowest BCUT2D eigenvalue weighted by Crippen LogP contribution is -2.11. The predicted molar refractivity (Wildman–Crippen MR) is 95.3 cm³/mol. The topological polar surface area (TPSA) is 104 Å². The van der Waals surface area contributed by atoms with E-state index in [0.717, 1.165) is 16.2 Å². The van der Waals surface area contributed by atoms with Crippen molar-refractivity contribution in [1.82, 2.24) is 0 Å². The first-order chi connectivity index (χ1) is 10.8. The number of hydrogen-bond donors (Lipinski definition) is 1. The fourth-order valence-corrected chi connectivity index (χ4v) is 5.67. The number of hydrogen-bond acceptors (Lipinski definition) is 7. The van der Waals surface area contributed by atoms with Gasteiger partial charge in [-0.05, 0) is 36.4 Å². The van der Waals surface area contributed by atoms with Crippen LogP contribution >= 0.6 is 23.7 Å². The summed E-state index contributed by atoms with van der Waals surface area (Å²) in [6, 6.07) is 8.38. The van der Waals surface area contributed by atoms with Crippen LogP contribution in [-0.4, -0.2) is 36.3 Å². The highest BCUT2D eigenvalue weighted by Crippen LogP contribution is 2.28. The summed E-state index contributed by atoms with van der Waals surface area (Å²) in [5.41, 5.74) is 5.49. The van der Waals surface area contributed by atoms with Crippen LogP contribution in [0.1, 0.15) is 4.88 Å². The molecule has 1 heterocycles. The molecule has 0 radical (unpaired) electrons. The summed E-state index contributed by atoms with van der Waals surface area (Å²) < 4.78 is 54.0. The smallest absolute Gasteiger partial charge is 0.215 e. The number of halogens is 1. The molecule has 2 rings (SSSR count). The molecule has 134 valence electrons. The first-order valence-electron chi connectivity index (χ1n) is 6.67. The number of benzene rings is 1. The first kappa shape index (κ1) is 21.1. The van der Waals surface area contributed by atoms with Gasteiger partial charge in [0.2, 0.25) is 9.84 Å². The summed E-state index contributed by atoms with van der Waals surface area (Å²) >= 11 is 1.11. The summed E-state index contributed by atoms with van der Waals surface area (Å²) in [5.74, 6) is -0.152. The summed E-state index contributed by atoms with van der Waals surface area (Å²) in [7, 11) is -5.73. The highest BCUT2D eigenvalue weighted by molar-refractivity contribution is 7.93. The molecule has 0 unspecified atom stereocenters. The number of nitrogens with two attached hydrogens (primary N) is 1. The van der Waals surface area contributed by atoms with Crippen molar-refractivity contribution in [2.24, 2.45) is 5.73 Å². The van der Waals surface area contributed by atoms with E-state index in [4.69, 9.17) is 10.5 Å². The highest BCUT2D eigenvalue weighted by atomic mass is 35.5. The van der Waals surface area contributed by atoms with Crippen LogP contribution in [0.5, 0.6) is 0 Å². The largest absolute Gasteiger partial charge is 0.384 e. The second-order valence-corrected chi connectivity index (χ2v) is 10.2. The first-order valence-corrected chi connectivity index (χ1v) is 10.6. The van der Waals surface area contributed by atoms with Gasteiger partial charge >= 0.3 is 0 Å². The van der Waals surface area contributed by atoms with Gasteiger partial charge < -0.3 is 10.5 Å². The predicted octanol–water partition coefficient (Wildman–Crippen LogP) is 1.88. The zero-order valence-electron chi connectivity index (χ0n) is 12.8. The minimum atomic E-state index is -3.66. The lowest BCUT2D eigenvalue weighted by Gasteiger charge is -2.06. The Hall–Kier alpha value is -0.970. The Labute approximate surface area is 151 Å². The second kappa shape index (κ2) is 8.41. The van der Waals surface area contributed by atoms with Crippen LogP contribution in [0, 0.1) is 0 Å². The fraction of sp³-hybridized carbons (Fsp3) is 0.286. The molecule has 0 spiro atoms. The van der Waals surface area contributed by atoms with E-state index in [-0.39, 0.29) is 45.3 Å². The van der Waals surface area contributed by atoms with Crippen molar-refractivity contribution in [2.45, 2.75) is 20.5 Å². The monoisotopic (exact) mass is 411 g/mol. The maximum Gasteiger partial charge on any atom is 0.215 e. The maximum absolute atomic E-state index is 12.5. The van der Waals surface area contributed by atoms with Gasteiger partial charge in [-0.3, -0.25) is 0 Å². The Kier molecular flexibility index (Phi) is 7.39. The van der Waals surface area contributed by atoms with E-state index in [1.54, 1.807) is 6.07 Å². The molecule has 0 bridgehead atoms. The Morgan fingerprint density at radius 2 is 1.58 bits per heavy atom. The minimum absolute atomic E-state index is 0. The summed E-state index contributed by atoms with van der Waals surface area (Å²) in [5, 5.41) is 0. The zero-order chi connectivity index (χ0) is 17.1. The molecule has 10 heteroatoms. The minimum Gasteiger partial charge on any atom is -0.384 e. The molecule has 0 aliphatic carbocycles. The standard InChI is InChI=1S/C14H17NO5S3.ClH/c1-20-8-9-22(16,17)12-3-5-13(6-4-12)23(18,19)14-7-2-11(10-15)21-14;/h2-7H,8-10,15H2,1H3;1H. The molecule has 1 aromatic heterocycles. The molecule has 2 N–H and O–H groups in total. The van der Waals surface area contributed by atoms with Gasteiger partial charge in [-0.2, -0.15) is 0 Å². The molecule has 0 aliphatic rings. The molecule has 2 aromatic rings. The van der Waals surface area contributed by atoms with Crippen LogP contribution in [-0.2, 0) is 31.0 Å². The molecule has 24 heavy (non-hydrogen) atoms. The van der Waals surface area contributed by atoms with E-state index < -0.39 is 19.7 Å².